The molecule has 0 radical (unpaired) electrons. The van der Waals surface area contributed by atoms with Crippen LogP contribution in [0.5, 0.6) is 0 Å². The first-order chi connectivity index (χ1) is 7.45. The molecule has 0 aromatic heterocycles. The van der Waals surface area contributed by atoms with E-state index >= 15 is 0 Å². The zero-order valence-electron chi connectivity index (χ0n) is 9.30. The lowest BCUT2D eigenvalue weighted by Gasteiger charge is -2.08. The first-order valence-corrected chi connectivity index (χ1v) is 6.49. The van der Waals surface area contributed by atoms with Crippen molar-refractivity contribution in [3.63, 3.8) is 0 Å². The molecule has 1 N–H and O–H groups in total. The molecule has 16 heavy (non-hydrogen) atoms. The summed E-state index contributed by atoms with van der Waals surface area (Å²) >= 11 is 0. The Kier molecular flexibility index (Phi) is 4.20. The molecule has 0 amide bonds. The van der Waals surface area contributed by atoms with Crippen LogP contribution in [0, 0.1) is 5.92 Å². The van der Waals surface area contributed by atoms with E-state index in [2.05, 4.69) is 4.72 Å². The van der Waals surface area contributed by atoms with E-state index in [1.807, 2.05) is 13.8 Å². The Morgan fingerprint density at radius 1 is 1.25 bits per heavy atom. The minimum atomic E-state index is -3.45. The summed E-state index contributed by atoms with van der Waals surface area (Å²) in [6, 6.07) is 5.81. The fourth-order valence-electron chi connectivity index (χ4n) is 1.09. The lowest BCUT2D eigenvalue weighted by atomic mass is 10.2. The zero-order valence-corrected chi connectivity index (χ0v) is 10.1. The predicted octanol–water partition coefficient (Wildman–Crippen LogP) is 1.43. The summed E-state index contributed by atoms with van der Waals surface area (Å²) in [6.45, 7) is 4.26. The Hall–Kier alpha value is -1.20. The maximum Gasteiger partial charge on any atom is 0.240 e. The number of nitrogens with one attached hydrogen (secondary N) is 1. The molecule has 0 aliphatic carbocycles. The summed E-state index contributed by atoms with van der Waals surface area (Å²) in [6.07, 6.45) is 0.679. The first-order valence-electron chi connectivity index (χ1n) is 5.00. The Morgan fingerprint density at radius 3 is 2.25 bits per heavy atom. The van der Waals surface area contributed by atoms with Gasteiger partial charge in [0, 0.05) is 12.1 Å². The maximum atomic E-state index is 11.7. The van der Waals surface area contributed by atoms with Gasteiger partial charge in [-0.1, -0.05) is 26.0 Å². The second-order valence-electron chi connectivity index (χ2n) is 3.93. The third-order valence-electron chi connectivity index (χ3n) is 2.01. The highest BCUT2D eigenvalue weighted by atomic mass is 32.2. The van der Waals surface area contributed by atoms with E-state index in [4.69, 9.17) is 0 Å². The van der Waals surface area contributed by atoms with Crippen LogP contribution < -0.4 is 4.72 Å². The molecule has 0 saturated heterocycles. The fourth-order valence-corrected chi connectivity index (χ4v) is 2.30. The number of hydrogen-bond acceptors (Lipinski definition) is 3. The van der Waals surface area contributed by atoms with Gasteiger partial charge in [-0.25, -0.2) is 13.1 Å². The van der Waals surface area contributed by atoms with Gasteiger partial charge in [-0.05, 0) is 18.1 Å². The molecule has 5 heteroatoms. The maximum absolute atomic E-state index is 11.7. The SMILES string of the molecule is CC(C)CNS(=O)(=O)c1ccc(C=O)cc1. The van der Waals surface area contributed by atoms with Crippen LogP contribution in [-0.4, -0.2) is 21.2 Å². The van der Waals surface area contributed by atoms with Crippen molar-refractivity contribution in [1.29, 1.82) is 0 Å². The van der Waals surface area contributed by atoms with Crippen LogP contribution in [0.15, 0.2) is 29.2 Å². The molecular weight excluding hydrogens is 226 g/mol. The molecule has 0 aliphatic rings. The van der Waals surface area contributed by atoms with E-state index in [9.17, 15) is 13.2 Å². The van der Waals surface area contributed by atoms with Gasteiger partial charge in [-0.3, -0.25) is 4.79 Å². The van der Waals surface area contributed by atoms with Crippen molar-refractivity contribution in [2.24, 2.45) is 5.92 Å². The smallest absolute Gasteiger partial charge is 0.240 e. The summed E-state index contributed by atoms with van der Waals surface area (Å²) in [4.78, 5) is 10.6. The van der Waals surface area contributed by atoms with Gasteiger partial charge in [0.05, 0.1) is 4.90 Å². The molecule has 1 rings (SSSR count). The molecule has 1 aromatic rings. The minimum Gasteiger partial charge on any atom is -0.298 e. The van der Waals surface area contributed by atoms with E-state index in [0.29, 0.717) is 18.4 Å². The third kappa shape index (κ3) is 3.43. The predicted molar refractivity (Wildman–Crippen MR) is 61.9 cm³/mol. The summed E-state index contributed by atoms with van der Waals surface area (Å²) in [7, 11) is -3.45. The molecule has 1 aromatic carbocycles. The van der Waals surface area contributed by atoms with Crippen LogP contribution in [0.3, 0.4) is 0 Å². The molecule has 4 nitrogen and oxygen atoms in total. The first kappa shape index (κ1) is 12.9. The van der Waals surface area contributed by atoms with E-state index in [-0.39, 0.29) is 10.8 Å². The van der Waals surface area contributed by atoms with Crippen LogP contribution in [-0.2, 0) is 10.0 Å². The molecule has 0 unspecified atom stereocenters. The van der Waals surface area contributed by atoms with Crippen molar-refractivity contribution in [2.75, 3.05) is 6.54 Å². The number of carbonyl (C=O) groups excluding carboxylic acids is 1. The fraction of sp³-hybridized carbons (Fsp3) is 0.364. The quantitative estimate of drug-likeness (QED) is 0.793. The monoisotopic (exact) mass is 241 g/mol. The molecule has 0 aliphatic heterocycles. The van der Waals surface area contributed by atoms with Crippen molar-refractivity contribution >= 4 is 16.3 Å². The Balaban J connectivity index is 2.85. The van der Waals surface area contributed by atoms with Gasteiger partial charge >= 0.3 is 0 Å². The van der Waals surface area contributed by atoms with Crippen molar-refractivity contribution in [2.45, 2.75) is 18.7 Å². The van der Waals surface area contributed by atoms with Crippen LogP contribution in [0.4, 0.5) is 0 Å². The lowest BCUT2D eigenvalue weighted by molar-refractivity contribution is 0.112. The number of hydrogen-bond donors (Lipinski definition) is 1. The number of aldehydes is 1. The number of carbonyl (C=O) groups is 1. The molecule has 0 spiro atoms. The normalized spacial score (nSPS) is 11.7. The highest BCUT2D eigenvalue weighted by Gasteiger charge is 2.13. The lowest BCUT2D eigenvalue weighted by Crippen LogP contribution is -2.27. The number of benzene rings is 1. The summed E-state index contributed by atoms with van der Waals surface area (Å²) < 4.78 is 26.0. The molecule has 0 saturated carbocycles. The molecule has 88 valence electrons. The van der Waals surface area contributed by atoms with Crippen molar-refractivity contribution < 1.29 is 13.2 Å². The van der Waals surface area contributed by atoms with Crippen LogP contribution in [0.2, 0.25) is 0 Å². The number of sulfonamides is 1. The summed E-state index contributed by atoms with van der Waals surface area (Å²) in [5, 5.41) is 0. The van der Waals surface area contributed by atoms with Crippen molar-refractivity contribution in [3.8, 4) is 0 Å². The van der Waals surface area contributed by atoms with Gasteiger partial charge in [0.2, 0.25) is 10.0 Å². The van der Waals surface area contributed by atoms with Gasteiger partial charge in [0.25, 0.3) is 0 Å². The Morgan fingerprint density at radius 2 is 1.81 bits per heavy atom. The second kappa shape index (κ2) is 5.23. The van der Waals surface area contributed by atoms with Gasteiger partial charge in [0.15, 0.2) is 0 Å². The average molecular weight is 241 g/mol. The average Bonchev–Trinajstić information content (AvgIpc) is 2.27. The van der Waals surface area contributed by atoms with Gasteiger partial charge in [0.1, 0.15) is 6.29 Å². The zero-order chi connectivity index (χ0) is 12.2. The van der Waals surface area contributed by atoms with Gasteiger partial charge < -0.3 is 0 Å². The topological polar surface area (TPSA) is 63.2 Å². The third-order valence-corrected chi connectivity index (χ3v) is 3.45. The summed E-state index contributed by atoms with van der Waals surface area (Å²) in [5.41, 5.74) is 0.461. The van der Waals surface area contributed by atoms with Crippen LogP contribution in [0.25, 0.3) is 0 Å². The van der Waals surface area contributed by atoms with Crippen LogP contribution >= 0.6 is 0 Å². The molecule has 0 atom stereocenters. The standard InChI is InChI=1S/C11H15NO3S/c1-9(2)7-12-16(14,15)11-5-3-10(8-13)4-6-11/h3-6,8-9,12H,7H2,1-2H3. The Labute approximate surface area is 95.7 Å². The molecule has 0 fully saturated rings. The van der Waals surface area contributed by atoms with Gasteiger partial charge in [-0.15, -0.1) is 0 Å². The minimum absolute atomic E-state index is 0.179. The molecule has 0 heterocycles. The molecule has 0 bridgehead atoms. The van der Waals surface area contributed by atoms with Crippen molar-refractivity contribution in [3.05, 3.63) is 29.8 Å². The van der Waals surface area contributed by atoms with E-state index in [1.54, 1.807) is 0 Å². The second-order valence-corrected chi connectivity index (χ2v) is 5.70. The largest absolute Gasteiger partial charge is 0.298 e. The van der Waals surface area contributed by atoms with E-state index in [1.165, 1.54) is 24.3 Å². The van der Waals surface area contributed by atoms with Crippen molar-refractivity contribution in [1.82, 2.24) is 4.72 Å². The highest BCUT2D eigenvalue weighted by molar-refractivity contribution is 7.89. The van der Waals surface area contributed by atoms with Crippen LogP contribution in [0.1, 0.15) is 24.2 Å². The highest BCUT2D eigenvalue weighted by Crippen LogP contribution is 2.09. The summed E-state index contributed by atoms with van der Waals surface area (Å²) in [5.74, 6) is 0.254. The number of rotatable bonds is 5. The van der Waals surface area contributed by atoms with Gasteiger partial charge in [-0.2, -0.15) is 0 Å². The Bertz CT molecular complexity index is 449. The molecular formula is C11H15NO3S. The van der Waals surface area contributed by atoms with E-state index < -0.39 is 10.0 Å². The van der Waals surface area contributed by atoms with E-state index in [0.717, 1.165) is 0 Å².